The van der Waals surface area contributed by atoms with Crippen molar-refractivity contribution in [2.75, 3.05) is 23.0 Å². The fourth-order valence-electron chi connectivity index (χ4n) is 3.31. The Kier molecular flexibility index (Phi) is 4.61. The van der Waals surface area contributed by atoms with Crippen molar-refractivity contribution in [3.05, 3.63) is 47.8 Å². The number of carbonyl (C=O) groups excluding carboxylic acids is 1. The number of hydrogen-bond donors (Lipinski definition) is 1. The maximum atomic E-state index is 14.7. The van der Waals surface area contributed by atoms with E-state index in [1.165, 1.54) is 21.9 Å². The Labute approximate surface area is 159 Å². The number of benzene rings is 1. The van der Waals surface area contributed by atoms with Gasteiger partial charge in [-0.05, 0) is 24.1 Å². The highest BCUT2D eigenvalue weighted by molar-refractivity contribution is 7.92. The van der Waals surface area contributed by atoms with Crippen LogP contribution >= 0.6 is 0 Å². The molecule has 8 nitrogen and oxygen atoms in total. The Balaban J connectivity index is 1.56. The van der Waals surface area contributed by atoms with E-state index in [0.29, 0.717) is 5.57 Å². The van der Waals surface area contributed by atoms with Crippen LogP contribution in [0.2, 0.25) is 0 Å². The SMILES string of the molecule is N=[S@]1(=O)CC=C(c2c(F)cc(N3CC(Cn4ccnn4)OC3=O)cc2F)CC1. The monoisotopic (exact) mass is 409 g/mol. The maximum absolute atomic E-state index is 14.7. The lowest BCUT2D eigenvalue weighted by atomic mass is 10.0. The number of cyclic esters (lactones) is 1. The Hall–Kier alpha value is -2.82. The number of aromatic nitrogens is 3. The number of carbonyl (C=O) groups is 1. The minimum Gasteiger partial charge on any atom is -0.442 e. The summed E-state index contributed by atoms with van der Waals surface area (Å²) in [6.07, 6.45) is 3.53. The van der Waals surface area contributed by atoms with Crippen LogP contribution in [0.3, 0.4) is 0 Å². The Morgan fingerprint density at radius 2 is 2.07 bits per heavy atom. The summed E-state index contributed by atoms with van der Waals surface area (Å²) in [5.41, 5.74) is 0.247. The van der Waals surface area contributed by atoms with Crippen LogP contribution in [0.1, 0.15) is 12.0 Å². The number of amides is 1. The maximum Gasteiger partial charge on any atom is 0.414 e. The molecule has 11 heteroatoms. The van der Waals surface area contributed by atoms with Gasteiger partial charge >= 0.3 is 6.09 Å². The third kappa shape index (κ3) is 3.61. The van der Waals surface area contributed by atoms with Crippen LogP contribution in [-0.4, -0.2) is 49.5 Å². The predicted molar refractivity (Wildman–Crippen MR) is 97.2 cm³/mol. The highest BCUT2D eigenvalue weighted by Gasteiger charge is 2.34. The van der Waals surface area contributed by atoms with Crippen molar-refractivity contribution in [1.29, 1.82) is 4.78 Å². The molecule has 2 aromatic rings. The number of halogens is 2. The molecule has 0 aliphatic carbocycles. The molecule has 3 heterocycles. The highest BCUT2D eigenvalue weighted by atomic mass is 32.2. The second kappa shape index (κ2) is 6.97. The van der Waals surface area contributed by atoms with Crippen molar-refractivity contribution in [3.63, 3.8) is 0 Å². The van der Waals surface area contributed by atoms with Crippen molar-refractivity contribution < 1.29 is 22.5 Å². The van der Waals surface area contributed by atoms with Gasteiger partial charge < -0.3 is 4.74 Å². The van der Waals surface area contributed by atoms with Gasteiger partial charge in [0.2, 0.25) is 0 Å². The minimum atomic E-state index is -2.71. The van der Waals surface area contributed by atoms with E-state index in [1.54, 1.807) is 6.20 Å². The van der Waals surface area contributed by atoms with E-state index in [1.807, 2.05) is 0 Å². The zero-order valence-corrected chi connectivity index (χ0v) is 15.5. The first-order chi connectivity index (χ1) is 13.3. The van der Waals surface area contributed by atoms with E-state index in [2.05, 4.69) is 10.3 Å². The standard InChI is InChI=1S/C17H17F2N5O3S/c18-14-7-12(8-15(19)16(14)11-1-5-28(20,26)6-2-11)24-10-13(27-17(24)25)9-23-4-3-21-22-23/h1,3-4,7-8,13,20H,2,5-6,9-10H2/t13?,28-/m0/s1. The number of ether oxygens (including phenoxy) is 1. The van der Waals surface area contributed by atoms with Crippen LogP contribution in [0.25, 0.3) is 5.57 Å². The Bertz CT molecular complexity index is 1030. The molecule has 1 aromatic carbocycles. The summed E-state index contributed by atoms with van der Waals surface area (Å²) in [5.74, 6) is -1.58. The van der Waals surface area contributed by atoms with Gasteiger partial charge in [0.05, 0.1) is 30.7 Å². The predicted octanol–water partition coefficient (Wildman–Crippen LogP) is 2.42. The van der Waals surface area contributed by atoms with Crippen LogP contribution in [0, 0.1) is 16.4 Å². The molecule has 2 atom stereocenters. The fraction of sp³-hybridized carbons (Fsp3) is 0.353. The van der Waals surface area contributed by atoms with E-state index >= 15 is 0 Å². The van der Waals surface area contributed by atoms with Gasteiger partial charge in [-0.1, -0.05) is 11.3 Å². The van der Waals surface area contributed by atoms with Crippen LogP contribution in [0.4, 0.5) is 19.3 Å². The summed E-state index contributed by atoms with van der Waals surface area (Å²) < 4.78 is 55.4. The third-order valence-electron chi connectivity index (χ3n) is 4.70. The van der Waals surface area contributed by atoms with E-state index in [-0.39, 0.29) is 42.3 Å². The summed E-state index contributed by atoms with van der Waals surface area (Å²) in [6.45, 7) is 0.408. The van der Waals surface area contributed by atoms with Gasteiger partial charge in [0.1, 0.15) is 17.7 Å². The minimum absolute atomic E-state index is 0.0224. The molecule has 1 aromatic heterocycles. The fourth-order valence-corrected chi connectivity index (χ4v) is 4.50. The summed E-state index contributed by atoms with van der Waals surface area (Å²) in [7, 11) is -2.71. The van der Waals surface area contributed by atoms with E-state index < -0.39 is 33.6 Å². The molecule has 2 aliphatic heterocycles. The quantitative estimate of drug-likeness (QED) is 0.836. The number of nitrogens with zero attached hydrogens (tertiary/aromatic N) is 4. The summed E-state index contributed by atoms with van der Waals surface area (Å²) in [4.78, 5) is 13.3. The molecule has 0 saturated carbocycles. The average molecular weight is 409 g/mol. The molecule has 148 valence electrons. The molecule has 4 rings (SSSR count). The summed E-state index contributed by atoms with van der Waals surface area (Å²) in [6, 6.07) is 2.18. The van der Waals surface area contributed by atoms with Gasteiger partial charge in [-0.25, -0.2) is 22.5 Å². The molecule has 0 bridgehead atoms. The van der Waals surface area contributed by atoms with Crippen LogP contribution in [-0.2, 0) is 21.0 Å². The first-order valence-electron chi connectivity index (χ1n) is 8.57. The topological polar surface area (TPSA) is 101 Å². The number of hydrogen-bond acceptors (Lipinski definition) is 6. The van der Waals surface area contributed by atoms with Crippen LogP contribution < -0.4 is 4.90 Å². The normalized spacial score (nSPS) is 24.9. The van der Waals surface area contributed by atoms with Gasteiger partial charge in [-0.3, -0.25) is 9.68 Å². The summed E-state index contributed by atoms with van der Waals surface area (Å²) in [5, 5.41) is 7.47. The molecular weight excluding hydrogens is 392 g/mol. The zero-order chi connectivity index (χ0) is 19.9. The Morgan fingerprint density at radius 3 is 2.68 bits per heavy atom. The first-order valence-corrected chi connectivity index (χ1v) is 10.5. The largest absolute Gasteiger partial charge is 0.442 e. The number of nitrogens with one attached hydrogen (secondary N) is 1. The van der Waals surface area contributed by atoms with Gasteiger partial charge in [-0.2, -0.15) is 0 Å². The van der Waals surface area contributed by atoms with E-state index in [0.717, 1.165) is 12.1 Å². The molecule has 1 fully saturated rings. The molecule has 28 heavy (non-hydrogen) atoms. The van der Waals surface area contributed by atoms with E-state index in [9.17, 15) is 17.8 Å². The smallest absolute Gasteiger partial charge is 0.414 e. The molecule has 0 radical (unpaired) electrons. The summed E-state index contributed by atoms with van der Waals surface area (Å²) >= 11 is 0. The molecule has 1 saturated heterocycles. The molecule has 1 unspecified atom stereocenters. The molecule has 1 N–H and O–H groups in total. The lowest BCUT2D eigenvalue weighted by molar-refractivity contribution is 0.129. The number of rotatable bonds is 4. The van der Waals surface area contributed by atoms with Crippen LogP contribution in [0.5, 0.6) is 0 Å². The first kappa shape index (κ1) is 18.5. The second-order valence-corrected chi connectivity index (χ2v) is 9.05. The van der Waals surface area contributed by atoms with Gasteiger partial charge in [-0.15, -0.1) is 5.10 Å². The van der Waals surface area contributed by atoms with E-state index in [4.69, 9.17) is 9.52 Å². The second-order valence-electron chi connectivity index (χ2n) is 6.69. The zero-order valence-electron chi connectivity index (χ0n) is 14.7. The van der Waals surface area contributed by atoms with Gasteiger partial charge in [0, 0.05) is 27.2 Å². The number of anilines is 1. The van der Waals surface area contributed by atoms with Crippen molar-refractivity contribution >= 4 is 27.1 Å². The third-order valence-corrected chi connectivity index (χ3v) is 6.27. The number of allylic oxidation sites excluding steroid dienone is 1. The highest BCUT2D eigenvalue weighted by Crippen LogP contribution is 2.32. The van der Waals surface area contributed by atoms with Gasteiger partial charge in [0.15, 0.2) is 0 Å². The van der Waals surface area contributed by atoms with Crippen LogP contribution in [0.15, 0.2) is 30.6 Å². The molecule has 0 spiro atoms. The lowest BCUT2D eigenvalue weighted by Crippen LogP contribution is -2.26. The molecule has 1 amide bonds. The molecule has 2 aliphatic rings. The van der Waals surface area contributed by atoms with Crippen molar-refractivity contribution in [2.24, 2.45) is 0 Å². The lowest BCUT2D eigenvalue weighted by Gasteiger charge is -2.19. The van der Waals surface area contributed by atoms with Crippen molar-refractivity contribution in [2.45, 2.75) is 19.1 Å². The Morgan fingerprint density at radius 1 is 1.32 bits per heavy atom. The van der Waals surface area contributed by atoms with Crippen molar-refractivity contribution in [1.82, 2.24) is 15.0 Å². The average Bonchev–Trinajstić information content (AvgIpc) is 3.25. The van der Waals surface area contributed by atoms with Crippen molar-refractivity contribution in [3.8, 4) is 0 Å². The molecular formula is C17H17F2N5O3S. The van der Waals surface area contributed by atoms with Gasteiger partial charge in [0.25, 0.3) is 0 Å².